The van der Waals surface area contributed by atoms with Crippen molar-refractivity contribution in [1.82, 2.24) is 0 Å². The number of aryl methyl sites for hydroxylation is 4. The minimum absolute atomic E-state index is 0.181. The Balaban J connectivity index is 2.30. The normalized spacial score (nSPS) is 10.4. The number of ether oxygens (including phenoxy) is 1. The standard InChI is InChI=1S/C20H23NO3/c1-6-24-20(23)16-8-7-12(2)18(11-16)21-19(22)17-10-14(4)13(3)9-15(17)5/h7-11H,6H2,1-5H3,(H,21,22). The summed E-state index contributed by atoms with van der Waals surface area (Å²) in [6, 6.07) is 9.05. The highest BCUT2D eigenvalue weighted by molar-refractivity contribution is 6.06. The minimum Gasteiger partial charge on any atom is -0.462 e. The molecule has 0 saturated carbocycles. The van der Waals surface area contributed by atoms with E-state index < -0.39 is 5.97 Å². The Morgan fingerprint density at radius 1 is 0.917 bits per heavy atom. The van der Waals surface area contributed by atoms with E-state index in [1.807, 2.05) is 39.8 Å². The van der Waals surface area contributed by atoms with Gasteiger partial charge in [0.1, 0.15) is 0 Å². The molecule has 0 aliphatic carbocycles. The number of nitrogens with one attached hydrogen (secondary N) is 1. The van der Waals surface area contributed by atoms with Crippen LogP contribution in [0.5, 0.6) is 0 Å². The van der Waals surface area contributed by atoms with Gasteiger partial charge in [0.25, 0.3) is 5.91 Å². The highest BCUT2D eigenvalue weighted by Gasteiger charge is 2.14. The molecule has 4 heteroatoms. The molecule has 2 aromatic carbocycles. The van der Waals surface area contributed by atoms with Crippen LogP contribution in [0.15, 0.2) is 30.3 Å². The van der Waals surface area contributed by atoms with Crippen molar-refractivity contribution in [1.29, 1.82) is 0 Å². The first-order valence-corrected chi connectivity index (χ1v) is 8.00. The molecule has 0 spiro atoms. The summed E-state index contributed by atoms with van der Waals surface area (Å²) in [5.41, 5.74) is 5.72. The van der Waals surface area contributed by atoms with Crippen molar-refractivity contribution in [2.24, 2.45) is 0 Å². The lowest BCUT2D eigenvalue weighted by Crippen LogP contribution is -2.15. The Morgan fingerprint density at radius 3 is 2.25 bits per heavy atom. The van der Waals surface area contributed by atoms with Gasteiger partial charge in [0.15, 0.2) is 0 Å². The Bertz CT molecular complexity index is 794. The van der Waals surface area contributed by atoms with Gasteiger partial charge in [-0.2, -0.15) is 0 Å². The van der Waals surface area contributed by atoms with E-state index in [2.05, 4.69) is 5.32 Å². The summed E-state index contributed by atoms with van der Waals surface area (Å²) in [7, 11) is 0. The summed E-state index contributed by atoms with van der Waals surface area (Å²) < 4.78 is 5.01. The summed E-state index contributed by atoms with van der Waals surface area (Å²) in [4.78, 5) is 24.5. The maximum Gasteiger partial charge on any atom is 0.338 e. The number of hydrogen-bond donors (Lipinski definition) is 1. The molecule has 0 unspecified atom stereocenters. The van der Waals surface area contributed by atoms with Crippen LogP contribution in [0.2, 0.25) is 0 Å². The van der Waals surface area contributed by atoms with Gasteiger partial charge in [-0.15, -0.1) is 0 Å². The van der Waals surface area contributed by atoms with E-state index in [1.54, 1.807) is 25.1 Å². The summed E-state index contributed by atoms with van der Waals surface area (Å²) in [5.74, 6) is -0.574. The molecule has 2 rings (SSSR count). The van der Waals surface area contributed by atoms with Crippen LogP contribution in [0.1, 0.15) is 49.9 Å². The zero-order valence-electron chi connectivity index (χ0n) is 14.8. The van der Waals surface area contributed by atoms with Gasteiger partial charge in [0.2, 0.25) is 0 Å². The van der Waals surface area contributed by atoms with Crippen LogP contribution in [0.25, 0.3) is 0 Å². The number of anilines is 1. The number of rotatable bonds is 4. The first-order valence-electron chi connectivity index (χ1n) is 8.00. The predicted octanol–water partition coefficient (Wildman–Crippen LogP) is 4.35. The second-order valence-electron chi connectivity index (χ2n) is 5.96. The predicted molar refractivity (Wildman–Crippen MR) is 95.7 cm³/mol. The van der Waals surface area contributed by atoms with E-state index in [-0.39, 0.29) is 5.91 Å². The SMILES string of the molecule is CCOC(=O)c1ccc(C)c(NC(=O)c2cc(C)c(C)cc2C)c1. The van der Waals surface area contributed by atoms with Crippen molar-refractivity contribution in [2.45, 2.75) is 34.6 Å². The van der Waals surface area contributed by atoms with Crippen LogP contribution in [0.3, 0.4) is 0 Å². The van der Waals surface area contributed by atoms with Gasteiger partial charge in [-0.3, -0.25) is 4.79 Å². The van der Waals surface area contributed by atoms with Crippen molar-refractivity contribution >= 4 is 17.6 Å². The molecular weight excluding hydrogens is 302 g/mol. The summed E-state index contributed by atoms with van der Waals surface area (Å²) in [6.45, 7) is 9.89. The maximum absolute atomic E-state index is 12.6. The lowest BCUT2D eigenvalue weighted by Gasteiger charge is -2.13. The molecule has 0 radical (unpaired) electrons. The third-order valence-corrected chi connectivity index (χ3v) is 4.08. The fourth-order valence-electron chi connectivity index (χ4n) is 2.49. The monoisotopic (exact) mass is 325 g/mol. The van der Waals surface area contributed by atoms with E-state index in [1.165, 1.54) is 0 Å². The maximum atomic E-state index is 12.6. The molecule has 24 heavy (non-hydrogen) atoms. The Morgan fingerprint density at radius 2 is 1.58 bits per heavy atom. The van der Waals surface area contributed by atoms with E-state index in [0.717, 1.165) is 22.3 Å². The average molecular weight is 325 g/mol. The molecule has 0 atom stereocenters. The molecule has 0 saturated heterocycles. The summed E-state index contributed by atoms with van der Waals surface area (Å²) in [6.07, 6.45) is 0. The average Bonchev–Trinajstić information content (AvgIpc) is 2.53. The van der Waals surface area contributed by atoms with Crippen molar-refractivity contribution in [2.75, 3.05) is 11.9 Å². The fraction of sp³-hybridized carbons (Fsp3) is 0.300. The van der Waals surface area contributed by atoms with Crippen molar-refractivity contribution in [3.05, 3.63) is 63.7 Å². The number of carbonyl (C=O) groups excluding carboxylic acids is 2. The molecule has 0 aliphatic rings. The number of amides is 1. The summed E-state index contributed by atoms with van der Waals surface area (Å²) >= 11 is 0. The molecule has 1 amide bonds. The zero-order chi connectivity index (χ0) is 17.9. The van der Waals surface area contributed by atoms with Crippen molar-refractivity contribution in [3.8, 4) is 0 Å². The van der Waals surface area contributed by atoms with Gasteiger partial charge in [-0.05, 0) is 75.1 Å². The van der Waals surface area contributed by atoms with Crippen molar-refractivity contribution in [3.63, 3.8) is 0 Å². The number of benzene rings is 2. The number of carbonyl (C=O) groups is 2. The lowest BCUT2D eigenvalue weighted by atomic mass is 10.00. The van der Waals surface area contributed by atoms with Crippen LogP contribution in [-0.4, -0.2) is 18.5 Å². The molecular formula is C20H23NO3. The Hall–Kier alpha value is -2.62. The molecule has 2 aromatic rings. The number of hydrogen-bond acceptors (Lipinski definition) is 3. The third kappa shape index (κ3) is 3.82. The topological polar surface area (TPSA) is 55.4 Å². The molecule has 0 bridgehead atoms. The van der Waals surface area contributed by atoms with Crippen molar-refractivity contribution < 1.29 is 14.3 Å². The van der Waals surface area contributed by atoms with Gasteiger partial charge >= 0.3 is 5.97 Å². The lowest BCUT2D eigenvalue weighted by molar-refractivity contribution is 0.0526. The zero-order valence-corrected chi connectivity index (χ0v) is 14.8. The van der Waals surface area contributed by atoms with Crippen LogP contribution in [0.4, 0.5) is 5.69 Å². The first kappa shape index (κ1) is 17.7. The largest absolute Gasteiger partial charge is 0.462 e. The quantitative estimate of drug-likeness (QED) is 0.850. The van der Waals surface area contributed by atoms with Crippen LogP contribution < -0.4 is 5.32 Å². The fourth-order valence-corrected chi connectivity index (χ4v) is 2.49. The van der Waals surface area contributed by atoms with E-state index in [4.69, 9.17) is 4.74 Å². The molecule has 0 fully saturated rings. The highest BCUT2D eigenvalue weighted by atomic mass is 16.5. The molecule has 0 aliphatic heterocycles. The highest BCUT2D eigenvalue weighted by Crippen LogP contribution is 2.21. The minimum atomic E-state index is -0.393. The van der Waals surface area contributed by atoms with Gasteiger partial charge in [-0.25, -0.2) is 4.79 Å². The summed E-state index contributed by atoms with van der Waals surface area (Å²) in [5, 5.41) is 2.90. The molecule has 0 heterocycles. The van der Waals surface area contributed by atoms with Crippen LogP contribution >= 0.6 is 0 Å². The molecule has 4 nitrogen and oxygen atoms in total. The first-order chi connectivity index (χ1) is 11.3. The second kappa shape index (κ2) is 7.30. The van der Waals surface area contributed by atoms with E-state index in [0.29, 0.717) is 23.4 Å². The Labute approximate surface area is 142 Å². The molecule has 0 aromatic heterocycles. The van der Waals surface area contributed by atoms with E-state index in [9.17, 15) is 9.59 Å². The van der Waals surface area contributed by atoms with Crippen LogP contribution in [-0.2, 0) is 4.74 Å². The van der Waals surface area contributed by atoms with Crippen LogP contribution in [0, 0.1) is 27.7 Å². The number of esters is 1. The van der Waals surface area contributed by atoms with Gasteiger partial charge < -0.3 is 10.1 Å². The van der Waals surface area contributed by atoms with Gasteiger partial charge in [-0.1, -0.05) is 12.1 Å². The molecule has 1 N–H and O–H groups in total. The van der Waals surface area contributed by atoms with Gasteiger partial charge in [0, 0.05) is 11.3 Å². The van der Waals surface area contributed by atoms with Gasteiger partial charge in [0.05, 0.1) is 12.2 Å². The Kier molecular flexibility index (Phi) is 5.39. The third-order valence-electron chi connectivity index (χ3n) is 4.08. The smallest absolute Gasteiger partial charge is 0.338 e. The molecule has 126 valence electrons. The second-order valence-corrected chi connectivity index (χ2v) is 5.96. The van der Waals surface area contributed by atoms with E-state index >= 15 is 0 Å².